The van der Waals surface area contributed by atoms with Crippen LogP contribution in [-0.4, -0.2) is 10.8 Å². The smallest absolute Gasteiger partial charge is 0.168 e. The number of allylic oxidation sites excluding steroid dienone is 2. The lowest BCUT2D eigenvalue weighted by molar-refractivity contribution is -0.118. The molecule has 0 fully saturated rings. The van der Waals surface area contributed by atoms with E-state index in [4.69, 9.17) is 10.5 Å². The largest absolute Gasteiger partial charge is 0.484 e. The maximum Gasteiger partial charge on any atom is 0.168 e. The maximum absolute atomic E-state index is 12.4. The molecule has 0 saturated carbocycles. The summed E-state index contributed by atoms with van der Waals surface area (Å²) in [5.74, 6) is 0.546. The van der Waals surface area contributed by atoms with E-state index in [1.807, 2.05) is 13.8 Å². The van der Waals surface area contributed by atoms with Gasteiger partial charge in [-0.1, -0.05) is 13.8 Å². The summed E-state index contributed by atoms with van der Waals surface area (Å²) in [4.78, 5) is 16.4. The van der Waals surface area contributed by atoms with Gasteiger partial charge in [-0.3, -0.25) is 9.78 Å². The summed E-state index contributed by atoms with van der Waals surface area (Å²) >= 11 is 0. The predicted molar refractivity (Wildman–Crippen MR) is 79.9 cm³/mol. The Morgan fingerprint density at radius 2 is 2.05 bits per heavy atom. The van der Waals surface area contributed by atoms with Crippen LogP contribution in [-0.2, 0) is 9.53 Å². The van der Waals surface area contributed by atoms with E-state index in [2.05, 4.69) is 11.1 Å². The molecule has 2 heterocycles. The van der Waals surface area contributed by atoms with E-state index in [0.29, 0.717) is 24.2 Å². The second kappa shape index (κ2) is 4.99. The summed E-state index contributed by atoms with van der Waals surface area (Å²) in [5.41, 5.74) is 7.71. The number of ketones is 1. The minimum atomic E-state index is -0.576. The van der Waals surface area contributed by atoms with E-state index < -0.39 is 6.10 Å². The number of rotatable bonds is 1. The second-order valence-corrected chi connectivity index (χ2v) is 6.46. The average molecular weight is 295 g/mol. The van der Waals surface area contributed by atoms with Gasteiger partial charge in [0.25, 0.3) is 0 Å². The first-order chi connectivity index (χ1) is 10.4. The number of carbonyl (C=O) groups excluding carboxylic acids is 1. The number of aromatic nitrogens is 1. The zero-order chi connectivity index (χ0) is 15.9. The fraction of sp³-hybridized carbons (Fsp3) is 0.353. The van der Waals surface area contributed by atoms with E-state index in [9.17, 15) is 10.1 Å². The lowest BCUT2D eigenvalue weighted by Crippen LogP contribution is -2.33. The van der Waals surface area contributed by atoms with Crippen LogP contribution in [0.3, 0.4) is 0 Å². The minimum Gasteiger partial charge on any atom is -0.484 e. The summed E-state index contributed by atoms with van der Waals surface area (Å²) in [5, 5.41) is 9.46. The number of carbonyl (C=O) groups is 1. The fourth-order valence-corrected chi connectivity index (χ4v) is 3.03. The van der Waals surface area contributed by atoms with Crippen LogP contribution < -0.4 is 5.73 Å². The van der Waals surface area contributed by atoms with E-state index >= 15 is 0 Å². The number of nitrogens with two attached hydrogens (primary N) is 1. The molecule has 2 aliphatic rings. The Kier molecular flexibility index (Phi) is 3.25. The third-order valence-corrected chi connectivity index (χ3v) is 4.05. The fourth-order valence-electron chi connectivity index (χ4n) is 3.03. The van der Waals surface area contributed by atoms with Crippen LogP contribution in [0.1, 0.15) is 38.4 Å². The number of ether oxygens (including phenoxy) is 1. The van der Waals surface area contributed by atoms with Crippen molar-refractivity contribution < 1.29 is 9.53 Å². The van der Waals surface area contributed by atoms with E-state index in [1.54, 1.807) is 24.5 Å². The van der Waals surface area contributed by atoms with Gasteiger partial charge < -0.3 is 10.5 Å². The molecule has 5 nitrogen and oxygen atoms in total. The van der Waals surface area contributed by atoms with Gasteiger partial charge in [-0.15, -0.1) is 0 Å². The maximum atomic E-state index is 12.4. The highest BCUT2D eigenvalue weighted by Gasteiger charge is 2.40. The third kappa shape index (κ3) is 2.27. The molecule has 0 unspecified atom stereocenters. The molecule has 5 heteroatoms. The highest BCUT2D eigenvalue weighted by atomic mass is 16.5. The number of Topliss-reactive ketones (excluding diaryl/α,β-unsaturated/α-hetero) is 1. The lowest BCUT2D eigenvalue weighted by Gasteiger charge is -2.37. The van der Waals surface area contributed by atoms with Gasteiger partial charge in [-0.25, -0.2) is 0 Å². The first-order valence-electron chi connectivity index (χ1n) is 7.16. The quantitative estimate of drug-likeness (QED) is 0.860. The van der Waals surface area contributed by atoms with Crippen molar-refractivity contribution in [1.29, 1.82) is 5.26 Å². The number of hydrogen-bond acceptors (Lipinski definition) is 5. The Balaban J connectivity index is 2.11. The van der Waals surface area contributed by atoms with Crippen LogP contribution in [0.2, 0.25) is 0 Å². The highest BCUT2D eigenvalue weighted by molar-refractivity contribution is 6.01. The van der Waals surface area contributed by atoms with Crippen molar-refractivity contribution in [2.75, 3.05) is 0 Å². The number of nitriles is 1. The molecule has 112 valence electrons. The summed E-state index contributed by atoms with van der Waals surface area (Å²) in [6.45, 7) is 4.05. The van der Waals surface area contributed by atoms with Gasteiger partial charge in [-0.2, -0.15) is 5.26 Å². The molecule has 0 saturated heterocycles. The van der Waals surface area contributed by atoms with Crippen LogP contribution in [0.15, 0.2) is 47.1 Å². The topological polar surface area (TPSA) is 89.0 Å². The molecule has 1 atom stereocenters. The lowest BCUT2D eigenvalue weighted by atomic mass is 9.74. The average Bonchev–Trinajstić information content (AvgIpc) is 2.46. The highest BCUT2D eigenvalue weighted by Crippen LogP contribution is 2.45. The summed E-state index contributed by atoms with van der Waals surface area (Å²) < 4.78 is 6.03. The molecule has 0 aromatic carbocycles. The zero-order valence-electron chi connectivity index (χ0n) is 12.6. The first kappa shape index (κ1) is 14.3. The SMILES string of the molecule is CC1(C)CC(=O)C2=C(C1)O[C@H](c1ccncc1)C(C#N)=C2N. The van der Waals surface area contributed by atoms with Crippen molar-refractivity contribution >= 4 is 5.78 Å². The van der Waals surface area contributed by atoms with Gasteiger partial charge in [0.15, 0.2) is 11.9 Å². The van der Waals surface area contributed by atoms with Crippen molar-refractivity contribution in [3.05, 3.63) is 52.7 Å². The van der Waals surface area contributed by atoms with Crippen molar-refractivity contribution in [1.82, 2.24) is 4.98 Å². The Hall–Kier alpha value is -2.61. The molecule has 3 rings (SSSR count). The van der Waals surface area contributed by atoms with E-state index in [-0.39, 0.29) is 22.5 Å². The number of hydrogen-bond donors (Lipinski definition) is 1. The normalized spacial score (nSPS) is 23.7. The summed E-state index contributed by atoms with van der Waals surface area (Å²) in [6, 6.07) is 5.68. The molecular weight excluding hydrogens is 278 g/mol. The van der Waals surface area contributed by atoms with Gasteiger partial charge in [0, 0.05) is 30.8 Å². The Labute approximate surface area is 129 Å². The molecule has 1 aliphatic carbocycles. The van der Waals surface area contributed by atoms with Crippen LogP contribution in [0, 0.1) is 16.7 Å². The molecule has 0 radical (unpaired) electrons. The van der Waals surface area contributed by atoms with Crippen LogP contribution in [0.25, 0.3) is 0 Å². The van der Waals surface area contributed by atoms with Crippen LogP contribution in [0.4, 0.5) is 0 Å². The molecule has 1 aromatic rings. The molecule has 22 heavy (non-hydrogen) atoms. The van der Waals surface area contributed by atoms with Crippen molar-refractivity contribution in [2.24, 2.45) is 11.1 Å². The number of pyridine rings is 1. The predicted octanol–water partition coefficient (Wildman–Crippen LogP) is 2.53. The molecule has 2 N–H and O–H groups in total. The van der Waals surface area contributed by atoms with Crippen molar-refractivity contribution in [3.8, 4) is 6.07 Å². The van der Waals surface area contributed by atoms with Crippen molar-refractivity contribution in [3.63, 3.8) is 0 Å². The van der Waals surface area contributed by atoms with Gasteiger partial charge in [0.1, 0.15) is 11.8 Å². The first-order valence-corrected chi connectivity index (χ1v) is 7.16. The molecule has 0 spiro atoms. The molecule has 1 aliphatic heterocycles. The van der Waals surface area contributed by atoms with Gasteiger partial charge in [0.05, 0.1) is 16.8 Å². The van der Waals surface area contributed by atoms with E-state index in [1.165, 1.54) is 0 Å². The second-order valence-electron chi connectivity index (χ2n) is 6.46. The van der Waals surface area contributed by atoms with Gasteiger partial charge in [0.2, 0.25) is 0 Å². The molecular formula is C17H17N3O2. The van der Waals surface area contributed by atoms with Crippen LogP contribution >= 0.6 is 0 Å². The zero-order valence-corrected chi connectivity index (χ0v) is 12.6. The molecule has 1 aromatic heterocycles. The number of nitrogens with zero attached hydrogens (tertiary/aromatic N) is 2. The van der Waals surface area contributed by atoms with Gasteiger partial charge >= 0.3 is 0 Å². The summed E-state index contributed by atoms with van der Waals surface area (Å²) in [6.07, 6.45) is 3.75. The molecule has 0 bridgehead atoms. The summed E-state index contributed by atoms with van der Waals surface area (Å²) in [7, 11) is 0. The third-order valence-electron chi connectivity index (χ3n) is 4.05. The van der Waals surface area contributed by atoms with Crippen molar-refractivity contribution in [2.45, 2.75) is 32.8 Å². The monoisotopic (exact) mass is 295 g/mol. The van der Waals surface area contributed by atoms with Crippen LogP contribution in [0.5, 0.6) is 0 Å². The Morgan fingerprint density at radius 3 is 2.68 bits per heavy atom. The molecule has 0 amide bonds. The minimum absolute atomic E-state index is 0.0512. The Morgan fingerprint density at radius 1 is 1.36 bits per heavy atom. The van der Waals surface area contributed by atoms with Gasteiger partial charge in [-0.05, 0) is 17.5 Å². The van der Waals surface area contributed by atoms with E-state index in [0.717, 1.165) is 5.56 Å². The Bertz CT molecular complexity index is 739. The standard InChI is InChI=1S/C17H17N3O2/c1-17(2)7-12(21)14-13(8-17)22-16(11(9-18)15(14)19)10-3-5-20-6-4-10/h3-6,16H,7-8,19H2,1-2H3/t16-/m1/s1.